The quantitative estimate of drug-likeness (QED) is 0.459. The number of carboxylic acid groups (broad SMARTS) is 1. The molecule has 1 aliphatic carbocycles. The fourth-order valence-corrected chi connectivity index (χ4v) is 3.39. The van der Waals surface area contributed by atoms with Crippen molar-refractivity contribution < 1.29 is 19.5 Å². The molecule has 0 aromatic rings. The van der Waals surface area contributed by atoms with E-state index < -0.39 is 5.97 Å². The predicted molar refractivity (Wildman–Crippen MR) is 93.2 cm³/mol. The molecule has 2 atom stereocenters. The topological polar surface area (TPSA) is 71.4 Å². The summed E-state index contributed by atoms with van der Waals surface area (Å²) in [6, 6.07) is 0. The van der Waals surface area contributed by atoms with E-state index in [-0.39, 0.29) is 12.2 Å². The van der Waals surface area contributed by atoms with E-state index in [2.05, 4.69) is 37.8 Å². The van der Waals surface area contributed by atoms with Gasteiger partial charge in [-0.3, -0.25) is 4.90 Å². The van der Waals surface area contributed by atoms with Crippen molar-refractivity contribution in [2.75, 3.05) is 26.2 Å². The lowest BCUT2D eigenvalue weighted by atomic mass is 9.87. The smallest absolute Gasteiger partial charge is 0.350 e. The third-order valence-electron chi connectivity index (χ3n) is 4.57. The minimum atomic E-state index is -1.10. The number of aliphatic carboxylic acids is 1. The molecule has 1 aliphatic heterocycles. The molecule has 0 spiro atoms. The second-order valence-corrected chi connectivity index (χ2v) is 6.92. The summed E-state index contributed by atoms with van der Waals surface area (Å²) in [6.45, 7) is 11.7. The Morgan fingerprint density at radius 3 is 2.42 bits per heavy atom. The number of ether oxygens (including phenoxy) is 1. The molecule has 24 heavy (non-hydrogen) atoms. The molecule has 0 radical (unpaired) electrons. The first-order valence-electron chi connectivity index (χ1n) is 8.46. The molecule has 2 unspecified atom stereocenters. The van der Waals surface area contributed by atoms with Crippen molar-refractivity contribution in [3.8, 4) is 0 Å². The molecule has 2 aliphatic rings. The van der Waals surface area contributed by atoms with E-state index in [1.807, 2.05) is 0 Å². The van der Waals surface area contributed by atoms with E-state index in [1.165, 1.54) is 22.3 Å². The van der Waals surface area contributed by atoms with Gasteiger partial charge in [0.2, 0.25) is 0 Å². The highest BCUT2D eigenvalue weighted by Crippen LogP contribution is 2.31. The van der Waals surface area contributed by atoms with E-state index >= 15 is 0 Å². The SMILES string of the molecule is CC1=C(C)CC(CN2CC(C)OC(C)C2)=C(CON=CC(=O)O)C1. The van der Waals surface area contributed by atoms with Gasteiger partial charge in [0.25, 0.3) is 0 Å². The number of hydrogen-bond acceptors (Lipinski definition) is 5. The Labute approximate surface area is 143 Å². The normalized spacial score (nSPS) is 26.3. The first-order chi connectivity index (χ1) is 11.3. The van der Waals surface area contributed by atoms with Crippen LogP contribution < -0.4 is 0 Å². The summed E-state index contributed by atoms with van der Waals surface area (Å²) in [7, 11) is 0. The Balaban J connectivity index is 2.04. The molecule has 1 heterocycles. The van der Waals surface area contributed by atoms with Gasteiger partial charge < -0.3 is 14.7 Å². The van der Waals surface area contributed by atoms with Crippen molar-refractivity contribution >= 4 is 12.2 Å². The molecule has 0 saturated carbocycles. The molecule has 6 heteroatoms. The van der Waals surface area contributed by atoms with E-state index in [9.17, 15) is 4.79 Å². The standard InChI is InChI=1S/C18H28N2O4/c1-12-5-16(10-20-8-14(3)24-15(4)9-20)17(6-13(12)2)11-23-19-7-18(21)22/h7,14-15H,5-6,8-11H2,1-4H3,(H,21,22). The van der Waals surface area contributed by atoms with Crippen LogP contribution in [0.15, 0.2) is 27.4 Å². The van der Waals surface area contributed by atoms with Crippen molar-refractivity contribution in [3.05, 3.63) is 22.3 Å². The number of carbonyl (C=O) groups is 1. The molecule has 1 N–H and O–H groups in total. The zero-order chi connectivity index (χ0) is 17.7. The summed E-state index contributed by atoms with van der Waals surface area (Å²) in [5.74, 6) is -1.10. The van der Waals surface area contributed by atoms with Gasteiger partial charge in [0, 0.05) is 19.6 Å². The third-order valence-corrected chi connectivity index (χ3v) is 4.57. The molecular formula is C18H28N2O4. The average molecular weight is 336 g/mol. The van der Waals surface area contributed by atoms with E-state index in [0.717, 1.165) is 38.7 Å². The van der Waals surface area contributed by atoms with Crippen LogP contribution in [0.1, 0.15) is 40.5 Å². The fourth-order valence-electron chi connectivity index (χ4n) is 3.39. The van der Waals surface area contributed by atoms with Gasteiger partial charge in [-0.2, -0.15) is 0 Å². The number of allylic oxidation sites excluding steroid dienone is 2. The number of oxime groups is 1. The van der Waals surface area contributed by atoms with Gasteiger partial charge in [-0.1, -0.05) is 16.3 Å². The van der Waals surface area contributed by atoms with Gasteiger partial charge in [0.15, 0.2) is 6.21 Å². The van der Waals surface area contributed by atoms with Crippen LogP contribution in [0.2, 0.25) is 0 Å². The van der Waals surface area contributed by atoms with E-state index in [0.29, 0.717) is 6.61 Å². The monoisotopic (exact) mass is 336 g/mol. The van der Waals surface area contributed by atoms with Gasteiger partial charge in [0.05, 0.1) is 12.2 Å². The van der Waals surface area contributed by atoms with Crippen LogP contribution >= 0.6 is 0 Å². The molecule has 0 amide bonds. The Bertz CT molecular complexity index is 555. The van der Waals surface area contributed by atoms with Crippen LogP contribution in [-0.4, -0.2) is 60.6 Å². The van der Waals surface area contributed by atoms with Crippen LogP contribution in [-0.2, 0) is 14.4 Å². The first-order valence-corrected chi connectivity index (χ1v) is 8.46. The minimum absolute atomic E-state index is 0.246. The summed E-state index contributed by atoms with van der Waals surface area (Å²) in [5, 5.41) is 12.1. The minimum Gasteiger partial charge on any atom is -0.477 e. The van der Waals surface area contributed by atoms with E-state index in [4.69, 9.17) is 14.7 Å². The molecule has 1 saturated heterocycles. The lowest BCUT2D eigenvalue weighted by Gasteiger charge is -2.37. The molecule has 0 aromatic carbocycles. The average Bonchev–Trinajstić information content (AvgIpc) is 2.47. The maximum absolute atomic E-state index is 10.5. The third kappa shape index (κ3) is 5.46. The largest absolute Gasteiger partial charge is 0.477 e. The Hall–Kier alpha value is -1.66. The molecule has 6 nitrogen and oxygen atoms in total. The zero-order valence-electron chi connectivity index (χ0n) is 15.0. The highest BCUT2D eigenvalue weighted by atomic mass is 16.6. The highest BCUT2D eigenvalue weighted by Gasteiger charge is 2.25. The van der Waals surface area contributed by atoms with Crippen LogP contribution in [0.5, 0.6) is 0 Å². The Kier molecular flexibility index (Phi) is 6.57. The van der Waals surface area contributed by atoms with Crippen molar-refractivity contribution in [2.24, 2.45) is 5.16 Å². The lowest BCUT2D eigenvalue weighted by molar-refractivity contribution is -0.129. The van der Waals surface area contributed by atoms with Crippen molar-refractivity contribution in [2.45, 2.75) is 52.7 Å². The number of rotatable bonds is 6. The Morgan fingerprint density at radius 1 is 1.25 bits per heavy atom. The number of carboxylic acids is 1. The maximum Gasteiger partial charge on any atom is 0.350 e. The molecule has 0 aromatic heterocycles. The number of hydrogen-bond donors (Lipinski definition) is 1. The van der Waals surface area contributed by atoms with Crippen molar-refractivity contribution in [3.63, 3.8) is 0 Å². The second kappa shape index (κ2) is 8.44. The summed E-state index contributed by atoms with van der Waals surface area (Å²) in [4.78, 5) is 18.1. The molecule has 1 fully saturated rings. The van der Waals surface area contributed by atoms with Crippen LogP contribution in [0.4, 0.5) is 0 Å². The maximum atomic E-state index is 10.5. The molecule has 134 valence electrons. The number of morpholine rings is 1. The van der Waals surface area contributed by atoms with E-state index in [1.54, 1.807) is 0 Å². The molecule has 2 rings (SSSR count). The second-order valence-electron chi connectivity index (χ2n) is 6.92. The van der Waals surface area contributed by atoms with Gasteiger partial charge in [-0.15, -0.1) is 0 Å². The lowest BCUT2D eigenvalue weighted by Crippen LogP contribution is -2.46. The van der Waals surface area contributed by atoms with Gasteiger partial charge in [-0.05, 0) is 51.7 Å². The summed E-state index contributed by atoms with van der Waals surface area (Å²) in [5.41, 5.74) is 5.36. The van der Waals surface area contributed by atoms with Crippen LogP contribution in [0.25, 0.3) is 0 Å². The van der Waals surface area contributed by atoms with Gasteiger partial charge in [-0.25, -0.2) is 4.79 Å². The summed E-state index contributed by atoms with van der Waals surface area (Å²) >= 11 is 0. The molecule has 0 bridgehead atoms. The highest BCUT2D eigenvalue weighted by molar-refractivity contribution is 6.21. The van der Waals surface area contributed by atoms with Crippen LogP contribution in [0, 0.1) is 0 Å². The number of nitrogens with zero attached hydrogens (tertiary/aromatic N) is 2. The fraction of sp³-hybridized carbons (Fsp3) is 0.667. The van der Waals surface area contributed by atoms with Crippen molar-refractivity contribution in [1.82, 2.24) is 4.90 Å². The van der Waals surface area contributed by atoms with Crippen molar-refractivity contribution in [1.29, 1.82) is 0 Å². The first kappa shape index (κ1) is 18.7. The van der Waals surface area contributed by atoms with Gasteiger partial charge >= 0.3 is 5.97 Å². The van der Waals surface area contributed by atoms with Crippen LogP contribution in [0.3, 0.4) is 0 Å². The summed E-state index contributed by atoms with van der Waals surface area (Å²) < 4.78 is 5.81. The Morgan fingerprint density at radius 2 is 1.83 bits per heavy atom. The summed E-state index contributed by atoms with van der Waals surface area (Å²) in [6.07, 6.45) is 3.10. The predicted octanol–water partition coefficient (Wildman–Crippen LogP) is 2.61. The zero-order valence-corrected chi connectivity index (χ0v) is 15.0. The van der Waals surface area contributed by atoms with Gasteiger partial charge in [0.1, 0.15) is 6.61 Å². The molecular weight excluding hydrogens is 308 g/mol.